The molecule has 6 heteroatoms. The molecule has 0 saturated carbocycles. The van der Waals surface area contributed by atoms with Gasteiger partial charge in [0.2, 0.25) is 5.78 Å². The standard InChI is InChI=1S/C23H27NO5/c1-5-6-11-24(2)14-17-18(25)9-8-16-22(26)21(29-23(16)17)13-15-7-10-19(27-3)20(12-15)28-4/h7-10,12-13,25H,5-6,11,14H2,1-4H3/b21-13-. The van der Waals surface area contributed by atoms with E-state index in [1.165, 1.54) is 11.0 Å². The predicted molar refractivity (Wildman–Crippen MR) is 109 cm³/mol. The van der Waals surface area contributed by atoms with Gasteiger partial charge in [-0.2, -0.15) is 0 Å². The minimum absolute atomic E-state index is 0.0974. The van der Waals surface area contributed by atoms with Gasteiger partial charge in [-0.3, -0.25) is 4.79 Å². The number of carbonyl (C=O) groups excluding carboxylic acids is 1. The van der Waals surface area contributed by atoms with Gasteiger partial charge in [0.05, 0.1) is 33.4 Å². The minimum atomic E-state index is -0.220. The summed E-state index contributed by atoms with van der Waals surface area (Å²) in [5.74, 6) is 1.44. The second kappa shape index (κ2) is 9.01. The third-order valence-electron chi connectivity index (χ3n) is 5.04. The summed E-state index contributed by atoms with van der Waals surface area (Å²) in [7, 11) is 5.17. The number of rotatable bonds is 8. The van der Waals surface area contributed by atoms with Crippen LogP contribution in [0.5, 0.6) is 23.0 Å². The summed E-state index contributed by atoms with van der Waals surface area (Å²) >= 11 is 0. The Morgan fingerprint density at radius 2 is 1.90 bits per heavy atom. The first-order valence-electron chi connectivity index (χ1n) is 9.79. The molecule has 2 aromatic carbocycles. The van der Waals surface area contributed by atoms with Crippen molar-refractivity contribution in [3.8, 4) is 23.0 Å². The van der Waals surface area contributed by atoms with E-state index in [9.17, 15) is 9.90 Å². The Labute approximate surface area is 171 Å². The van der Waals surface area contributed by atoms with Gasteiger partial charge in [-0.15, -0.1) is 0 Å². The molecule has 1 aliphatic rings. The molecule has 1 N–H and O–H groups in total. The smallest absolute Gasteiger partial charge is 0.231 e. The van der Waals surface area contributed by atoms with Crippen LogP contribution in [0.2, 0.25) is 0 Å². The molecular formula is C23H27NO5. The van der Waals surface area contributed by atoms with Crippen LogP contribution in [0.4, 0.5) is 0 Å². The summed E-state index contributed by atoms with van der Waals surface area (Å²) in [6, 6.07) is 8.37. The van der Waals surface area contributed by atoms with Crippen LogP contribution in [-0.4, -0.2) is 33.6 Å². The number of Topliss-reactive ketones (excluding diaryl/α,β-unsaturated/α-hetero) is 1. The van der Waals surface area contributed by atoms with Crippen molar-refractivity contribution in [2.24, 2.45) is 0 Å². The van der Waals surface area contributed by atoms with Gasteiger partial charge in [0.1, 0.15) is 12.3 Å². The van der Waals surface area contributed by atoms with E-state index in [-0.39, 0.29) is 17.3 Å². The molecule has 0 aromatic heterocycles. The molecule has 154 valence electrons. The monoisotopic (exact) mass is 397 g/mol. The first-order valence-corrected chi connectivity index (χ1v) is 9.79. The fourth-order valence-corrected chi connectivity index (χ4v) is 3.42. The highest BCUT2D eigenvalue weighted by Gasteiger charge is 2.30. The highest BCUT2D eigenvalue weighted by Crippen LogP contribution is 2.38. The number of benzene rings is 2. The van der Waals surface area contributed by atoms with Crippen LogP contribution in [0.25, 0.3) is 6.08 Å². The Hall–Kier alpha value is -2.99. The second-order valence-corrected chi connectivity index (χ2v) is 7.21. The van der Waals surface area contributed by atoms with E-state index in [1.54, 1.807) is 38.5 Å². The number of ether oxygens (including phenoxy) is 3. The fraction of sp³-hybridized carbons (Fsp3) is 0.348. The highest BCUT2D eigenvalue weighted by molar-refractivity contribution is 6.15. The molecule has 0 spiro atoms. The van der Waals surface area contributed by atoms with Crippen molar-refractivity contribution >= 4 is 11.9 Å². The van der Waals surface area contributed by atoms with Gasteiger partial charge in [0.25, 0.3) is 0 Å². The van der Waals surface area contributed by atoms with Crippen LogP contribution in [0, 0.1) is 0 Å². The van der Waals surface area contributed by atoms with Gasteiger partial charge in [-0.1, -0.05) is 31.2 Å². The molecule has 6 nitrogen and oxygen atoms in total. The molecule has 0 amide bonds. The fourth-order valence-electron chi connectivity index (χ4n) is 3.42. The molecule has 1 heterocycles. The third kappa shape index (κ3) is 4.38. The van der Waals surface area contributed by atoms with E-state index in [1.807, 2.05) is 13.1 Å². The van der Waals surface area contributed by atoms with Crippen LogP contribution >= 0.6 is 0 Å². The van der Waals surface area contributed by atoms with E-state index >= 15 is 0 Å². The van der Waals surface area contributed by atoms with Crippen LogP contribution in [0.1, 0.15) is 41.3 Å². The lowest BCUT2D eigenvalue weighted by Gasteiger charge is -2.20. The van der Waals surface area contributed by atoms with E-state index in [4.69, 9.17) is 14.2 Å². The first kappa shape index (κ1) is 20.7. The summed E-state index contributed by atoms with van der Waals surface area (Å²) in [6.45, 7) is 3.63. The summed E-state index contributed by atoms with van der Waals surface area (Å²) in [4.78, 5) is 14.1. The van der Waals surface area contributed by atoms with Crippen LogP contribution in [-0.2, 0) is 6.54 Å². The lowest BCUT2D eigenvalue weighted by Crippen LogP contribution is -3.07. The molecular weight excluding hydrogens is 370 g/mol. The number of carbonyl (C=O) groups is 1. The number of unbranched alkanes of at least 4 members (excludes halogenated alkanes) is 1. The SMILES string of the molecule is CCCC[NH+](C)Cc1c([O-])ccc2c1O/C(=C\c1ccc(OC)c(OC)c1)C2=O. The van der Waals surface area contributed by atoms with E-state index in [0.717, 1.165) is 24.9 Å². The number of allylic oxidation sites excluding steroid dienone is 1. The largest absolute Gasteiger partial charge is 0.872 e. The first-order chi connectivity index (χ1) is 14.0. The van der Waals surface area contributed by atoms with Gasteiger partial charge >= 0.3 is 0 Å². The van der Waals surface area contributed by atoms with Crippen molar-refractivity contribution in [2.75, 3.05) is 27.8 Å². The van der Waals surface area contributed by atoms with Crippen molar-refractivity contribution in [1.29, 1.82) is 0 Å². The summed E-state index contributed by atoms with van der Waals surface area (Å²) in [6.07, 6.45) is 3.84. The number of hydrogen-bond acceptors (Lipinski definition) is 5. The molecule has 2 aromatic rings. The Morgan fingerprint density at radius 3 is 2.59 bits per heavy atom. The Kier molecular flexibility index (Phi) is 6.44. The average molecular weight is 397 g/mol. The lowest BCUT2D eigenvalue weighted by molar-refractivity contribution is -0.894. The zero-order valence-electron chi connectivity index (χ0n) is 17.3. The van der Waals surface area contributed by atoms with Crippen molar-refractivity contribution in [1.82, 2.24) is 0 Å². The topological polar surface area (TPSA) is 72.3 Å². The second-order valence-electron chi connectivity index (χ2n) is 7.21. The highest BCUT2D eigenvalue weighted by atomic mass is 16.5. The zero-order chi connectivity index (χ0) is 21.0. The Balaban J connectivity index is 1.90. The van der Waals surface area contributed by atoms with Gasteiger partial charge in [0, 0.05) is 5.56 Å². The molecule has 1 aliphatic heterocycles. The average Bonchev–Trinajstić information content (AvgIpc) is 3.04. The molecule has 1 atom stereocenters. The number of methoxy groups -OCH3 is 2. The summed E-state index contributed by atoms with van der Waals surface area (Å²) in [5, 5.41) is 12.5. The Bertz CT molecular complexity index is 935. The van der Waals surface area contributed by atoms with Gasteiger partial charge in [-0.05, 0) is 36.3 Å². The third-order valence-corrected chi connectivity index (χ3v) is 5.04. The van der Waals surface area contributed by atoms with E-state index in [0.29, 0.717) is 34.9 Å². The molecule has 0 aliphatic carbocycles. The maximum absolute atomic E-state index is 12.8. The minimum Gasteiger partial charge on any atom is -0.872 e. The normalized spacial score (nSPS) is 15.2. The number of quaternary nitrogens is 1. The molecule has 29 heavy (non-hydrogen) atoms. The number of ketones is 1. The van der Waals surface area contributed by atoms with Crippen LogP contribution in [0.15, 0.2) is 36.1 Å². The predicted octanol–water partition coefficient (Wildman–Crippen LogP) is 2.21. The Morgan fingerprint density at radius 1 is 1.14 bits per heavy atom. The zero-order valence-corrected chi connectivity index (χ0v) is 17.3. The summed E-state index contributed by atoms with van der Waals surface area (Å²) < 4.78 is 16.5. The number of fused-ring (bicyclic) bond motifs is 1. The quantitative estimate of drug-likeness (QED) is 0.692. The van der Waals surface area contributed by atoms with Crippen molar-refractivity contribution in [2.45, 2.75) is 26.3 Å². The van der Waals surface area contributed by atoms with Gasteiger partial charge in [-0.25, -0.2) is 0 Å². The molecule has 0 bridgehead atoms. The van der Waals surface area contributed by atoms with Gasteiger partial charge < -0.3 is 24.2 Å². The van der Waals surface area contributed by atoms with Gasteiger partial charge in [0.15, 0.2) is 17.3 Å². The van der Waals surface area contributed by atoms with E-state index < -0.39 is 0 Å². The molecule has 0 radical (unpaired) electrons. The maximum Gasteiger partial charge on any atom is 0.231 e. The summed E-state index contributed by atoms with van der Waals surface area (Å²) in [5.41, 5.74) is 1.74. The van der Waals surface area contributed by atoms with E-state index in [2.05, 4.69) is 6.92 Å². The van der Waals surface area contributed by atoms with Crippen molar-refractivity contribution in [3.05, 3.63) is 52.8 Å². The molecule has 0 fully saturated rings. The molecule has 0 saturated heterocycles. The van der Waals surface area contributed by atoms with Crippen LogP contribution < -0.4 is 24.2 Å². The number of nitrogens with one attached hydrogen (secondary N) is 1. The molecule has 1 unspecified atom stereocenters. The van der Waals surface area contributed by atoms with Crippen molar-refractivity contribution in [3.63, 3.8) is 0 Å². The van der Waals surface area contributed by atoms with Crippen molar-refractivity contribution < 1.29 is 29.0 Å². The number of hydrogen-bond donors (Lipinski definition) is 1. The lowest BCUT2D eigenvalue weighted by atomic mass is 10.0. The maximum atomic E-state index is 12.8. The van der Waals surface area contributed by atoms with Crippen LogP contribution in [0.3, 0.4) is 0 Å². The molecule has 3 rings (SSSR count).